The minimum absolute atomic E-state index is 0. The molecule has 16 N–H and O–H groups in total. The standard InChI is InChI=1S/C2H2Cl2O.3CH4.ClH.H3N2O3.H2NO3.NO3.3H3N.H3O4P.HO4P/c3-1-2(4)5;;;;;1-5-2(3)4;2*2-1(3)4;;;;1-5(2,3)4;1-4-5(2)3/h1H2;3*1H4;1H;1H3;(H2,2,3,4);;3*1H3;(H3,1,2,3,4);1H/q;;;;;2*+1;-1;;;;;/p-3. The van der Waals surface area contributed by atoms with Crippen LogP contribution in [0.15, 0.2) is 0 Å². The van der Waals surface area contributed by atoms with Crippen LogP contribution < -0.4 is 51.4 Å². The second-order valence-electron chi connectivity index (χ2n) is 2.09. The molecule has 0 aliphatic rings. The third kappa shape index (κ3) is 1750. The molecule has 0 aliphatic heterocycles. The van der Waals surface area contributed by atoms with Crippen LogP contribution in [0.2, 0.25) is 0 Å². The topological polar surface area (TPSA) is 482 Å². The predicted octanol–water partition coefficient (Wildman–Crippen LogP) is -4.65. The van der Waals surface area contributed by atoms with Crippen molar-refractivity contribution in [3.63, 3.8) is 0 Å². The third-order valence-electron chi connectivity index (χ3n) is 0.277. The van der Waals surface area contributed by atoms with Crippen molar-refractivity contribution in [1.82, 2.24) is 18.5 Å². The van der Waals surface area contributed by atoms with Crippen LogP contribution >= 0.6 is 39.3 Å². The highest BCUT2D eigenvalue weighted by molar-refractivity contribution is 7.42. The highest BCUT2D eigenvalue weighted by atomic mass is 35.5. The number of carbonyl (C=O) groups is 1. The quantitative estimate of drug-likeness (QED) is 0.0357. The number of alkyl halides is 1. The van der Waals surface area contributed by atoms with E-state index in [-0.39, 0.29) is 59.0 Å². The van der Waals surface area contributed by atoms with E-state index in [0.717, 1.165) is 0 Å². The van der Waals surface area contributed by atoms with Crippen LogP contribution in [0.4, 0.5) is 0 Å². The normalized spacial score (nSPS) is 6.69. The van der Waals surface area contributed by atoms with Crippen molar-refractivity contribution in [2.24, 2.45) is 0 Å². The van der Waals surface area contributed by atoms with Crippen LogP contribution in [0.25, 0.3) is 0 Å². The van der Waals surface area contributed by atoms with Gasteiger partial charge in [0.25, 0.3) is 0 Å². The fraction of sp³-hybridized carbons (Fsp3) is 0.800. The van der Waals surface area contributed by atoms with E-state index in [2.05, 4.69) is 15.5 Å². The van der Waals surface area contributed by atoms with Gasteiger partial charge in [-0.1, -0.05) is 22.3 Å². The summed E-state index contributed by atoms with van der Waals surface area (Å²) in [6.45, 7) is 0. The lowest BCUT2D eigenvalue weighted by atomic mass is 10.9. The van der Waals surface area contributed by atoms with E-state index in [1.807, 2.05) is 0 Å². The highest BCUT2D eigenvalue weighted by Crippen LogP contribution is 2.11. The molecule has 0 spiro atoms. The molecule has 0 fully saturated rings. The maximum absolute atomic E-state index is 9.45. The number of phosphoric acid groups is 1. The zero-order valence-corrected chi connectivity index (χ0v) is 19.0. The van der Waals surface area contributed by atoms with E-state index >= 15 is 0 Å². The van der Waals surface area contributed by atoms with Crippen LogP contribution in [0.5, 0.6) is 0 Å². The number of carbonyl (C=O) groups excluding carboxylic acids is 1. The van der Waals surface area contributed by atoms with E-state index < -0.39 is 36.6 Å². The maximum atomic E-state index is 9.45. The van der Waals surface area contributed by atoms with E-state index in [1.54, 1.807) is 0 Å². The molecule has 0 bridgehead atoms. The van der Waals surface area contributed by atoms with Gasteiger partial charge in [-0.3, -0.25) is 4.79 Å². The summed E-state index contributed by atoms with van der Waals surface area (Å²) in [6, 6.07) is 0. The molecule has 0 amide bonds. The molecule has 0 radical (unpaired) electrons. The molecular weight excluding hydrogens is 614 g/mol. The van der Waals surface area contributed by atoms with Crippen LogP contribution in [-0.2, 0) is 23.5 Å². The van der Waals surface area contributed by atoms with Gasteiger partial charge in [0.15, 0.2) is 0 Å². The first kappa shape index (κ1) is 84.4. The molecule has 0 aromatic rings. The van der Waals surface area contributed by atoms with Crippen molar-refractivity contribution in [2.45, 2.75) is 22.3 Å². The van der Waals surface area contributed by atoms with Crippen LogP contribution in [0.3, 0.4) is 0 Å². The Hall–Kier alpha value is -1.93. The summed E-state index contributed by atoms with van der Waals surface area (Å²) in [4.78, 5) is 71.5. The zero-order valence-electron chi connectivity index (χ0n) is 14.9. The number of halogens is 3. The van der Waals surface area contributed by atoms with E-state index in [4.69, 9.17) is 97.9 Å². The van der Waals surface area contributed by atoms with Crippen LogP contribution in [0.1, 0.15) is 22.3 Å². The molecule has 0 aromatic carbocycles. The lowest BCUT2D eigenvalue weighted by Crippen LogP contribution is -3.00. The molecule has 0 saturated carbocycles. The average Bonchev–Trinajstić information content (AvgIpc) is 2.45. The molecule has 25 nitrogen and oxygen atoms in total. The zero-order chi connectivity index (χ0) is 24.5. The van der Waals surface area contributed by atoms with Gasteiger partial charge in [-0.15, -0.1) is 26.7 Å². The SMILES string of the molecule is C.C.C.N.N.N.O=C(Cl)CCl.O=P([O-])([O-])O.O=[N+](O)O.O=[N+]([O-])[O-].O=[P+]([O-])OO.[Cl-].[NH3+]O[N+](=O)[O-]. The van der Waals surface area contributed by atoms with Gasteiger partial charge in [0.1, 0.15) is 4.91 Å². The van der Waals surface area contributed by atoms with Crippen LogP contribution in [-0.4, -0.2) is 46.9 Å². The Balaban J connectivity index is -0.0000000145. The van der Waals surface area contributed by atoms with Crippen LogP contribution in [0, 0.1) is 30.3 Å². The minimum Gasteiger partial charge on any atom is -1.00 e. The van der Waals surface area contributed by atoms with Gasteiger partial charge in [0.05, 0.1) is 18.8 Å². The minimum atomic E-state index is -5.14. The molecule has 226 valence electrons. The molecular formula is C5H30Cl3N7O18P2-2. The van der Waals surface area contributed by atoms with E-state index in [9.17, 15) is 4.79 Å². The highest BCUT2D eigenvalue weighted by Gasteiger charge is 1.90. The molecule has 1 unspecified atom stereocenters. The van der Waals surface area contributed by atoms with Gasteiger partial charge in [0, 0.05) is 4.67 Å². The Kier molecular flexibility index (Phi) is 153. The maximum Gasteiger partial charge on any atom is 0.521 e. The molecule has 0 aliphatic carbocycles. The number of hydrogen-bond acceptors (Lipinski definition) is 18. The van der Waals surface area contributed by atoms with Crippen molar-refractivity contribution < 1.29 is 92.3 Å². The first-order valence-corrected chi connectivity index (χ1v) is 7.96. The van der Waals surface area contributed by atoms with Gasteiger partial charge in [-0.2, -0.15) is 5.90 Å². The van der Waals surface area contributed by atoms with E-state index in [0.29, 0.717) is 0 Å². The molecule has 0 saturated heterocycles. The van der Waals surface area contributed by atoms with Crippen molar-refractivity contribution in [3.05, 3.63) is 30.3 Å². The van der Waals surface area contributed by atoms with Gasteiger partial charge >= 0.3 is 18.4 Å². The molecule has 0 heterocycles. The number of quaternary nitrogens is 1. The summed E-state index contributed by atoms with van der Waals surface area (Å²) < 4.78 is 20.3. The first-order valence-electron chi connectivity index (χ1n) is 4.46. The fourth-order valence-electron chi connectivity index (χ4n) is 0. The van der Waals surface area contributed by atoms with E-state index in [1.165, 1.54) is 0 Å². The second kappa shape index (κ2) is 63.6. The van der Waals surface area contributed by atoms with Crippen molar-refractivity contribution in [2.75, 3.05) is 5.88 Å². The number of nitrogens with zero attached hydrogens (tertiary/aromatic N) is 3. The molecule has 0 rings (SSSR count). The summed E-state index contributed by atoms with van der Waals surface area (Å²) in [7, 11) is -8.18. The summed E-state index contributed by atoms with van der Waals surface area (Å²) in [6.07, 6.45) is 0. The lowest BCUT2D eigenvalue weighted by Gasteiger charge is -2.19. The summed E-state index contributed by atoms with van der Waals surface area (Å²) in [5.74, 6) is 2.39. The van der Waals surface area contributed by atoms with Gasteiger partial charge in [-0.05, 0) is 16.2 Å². The lowest BCUT2D eigenvalue weighted by molar-refractivity contribution is -1.00. The number of rotatable bonds is 3. The Bertz CT molecular complexity index is 440. The van der Waals surface area contributed by atoms with Gasteiger partial charge in [0.2, 0.25) is 5.24 Å². The summed E-state index contributed by atoms with van der Waals surface area (Å²) in [5.41, 5.74) is 0. The monoisotopic (exact) mass is 643 g/mol. The summed E-state index contributed by atoms with van der Waals surface area (Å²) in [5, 5.41) is 41.7. The third-order valence-corrected chi connectivity index (χ3v) is 0.924. The smallest absolute Gasteiger partial charge is 0.521 e. The number of hydrogen-bond donors (Lipinski definition) is 8. The molecule has 1 atom stereocenters. The van der Waals surface area contributed by atoms with Crippen molar-refractivity contribution in [3.8, 4) is 0 Å². The van der Waals surface area contributed by atoms with Gasteiger partial charge < -0.3 is 70.3 Å². The average molecular weight is 645 g/mol. The molecule has 35 heavy (non-hydrogen) atoms. The second-order valence-corrected chi connectivity index (χ2v) is 4.33. The fourth-order valence-corrected chi connectivity index (χ4v) is 0. The largest absolute Gasteiger partial charge is 1.00 e. The summed E-state index contributed by atoms with van der Waals surface area (Å²) >= 11 is 9.55. The first-order chi connectivity index (χ1) is 12.3. The molecule has 30 heteroatoms. The Morgan fingerprint density at radius 2 is 1.11 bits per heavy atom. The Labute approximate surface area is 214 Å². The van der Waals surface area contributed by atoms with Crippen molar-refractivity contribution in [1.29, 1.82) is 0 Å². The van der Waals surface area contributed by atoms with Gasteiger partial charge in [-0.25, -0.2) is 15.7 Å². The molecule has 0 aromatic heterocycles. The Morgan fingerprint density at radius 3 is 1.11 bits per heavy atom. The Morgan fingerprint density at radius 1 is 1.03 bits per heavy atom. The predicted molar refractivity (Wildman–Crippen MR) is 107 cm³/mol. The van der Waals surface area contributed by atoms with Crippen molar-refractivity contribution >= 4 is 44.5 Å².